The Hall–Kier alpha value is -3.86. The second-order valence-corrected chi connectivity index (χ2v) is 14.4. The number of alkyl halides is 3. The Balaban J connectivity index is 1.56. The molecule has 0 bridgehead atoms. The number of sulfonamides is 1. The van der Waals surface area contributed by atoms with Crippen molar-refractivity contribution in [1.82, 2.24) is 14.3 Å². The molecule has 45 heavy (non-hydrogen) atoms. The second-order valence-electron chi connectivity index (χ2n) is 10.9. The third-order valence-corrected chi connectivity index (χ3v) is 11.2. The van der Waals surface area contributed by atoms with Crippen LogP contribution >= 0.6 is 11.3 Å². The molecule has 1 saturated heterocycles. The van der Waals surface area contributed by atoms with Crippen molar-refractivity contribution < 1.29 is 45.1 Å². The highest BCUT2D eigenvalue weighted by molar-refractivity contribution is 7.91. The summed E-state index contributed by atoms with van der Waals surface area (Å²) in [7, 11) is -1.34. The van der Waals surface area contributed by atoms with E-state index in [1.165, 1.54) is 43.4 Å². The highest BCUT2D eigenvalue weighted by Gasteiger charge is 2.52. The average molecular weight is 671 g/mol. The number of thiophene rings is 1. The summed E-state index contributed by atoms with van der Waals surface area (Å²) in [6, 6.07) is 8.37. The summed E-state index contributed by atoms with van der Waals surface area (Å²) < 4.78 is 95.6. The lowest BCUT2D eigenvalue weighted by Crippen LogP contribution is -2.60. The van der Waals surface area contributed by atoms with Crippen molar-refractivity contribution in [3.8, 4) is 10.4 Å². The number of carbonyl (C=O) groups is 2. The fourth-order valence-electron chi connectivity index (χ4n) is 5.38. The minimum absolute atomic E-state index is 0.0714. The molecule has 0 aliphatic carbocycles. The quantitative estimate of drug-likeness (QED) is 0.253. The lowest BCUT2D eigenvalue weighted by atomic mass is 9.90. The van der Waals surface area contributed by atoms with Gasteiger partial charge in [0.05, 0.1) is 17.6 Å². The molecule has 0 spiro atoms. The zero-order chi connectivity index (χ0) is 33.1. The molecule has 0 radical (unpaired) electrons. The third-order valence-electron chi connectivity index (χ3n) is 7.85. The SMILES string of the molecule is CN(C)S(=O)(=O)c1ccc(-c2cc(C(F)(F)F)ccc2NC(=O)C2=C(O)[C@@]3(C)CCCN3N(Cc3cccc(F)c3F)C2=O)s1. The molecular formula is C29H27F5N4O5S2. The zero-order valence-electron chi connectivity index (χ0n) is 24.1. The Morgan fingerprint density at radius 3 is 2.51 bits per heavy atom. The van der Waals surface area contributed by atoms with E-state index in [0.29, 0.717) is 30.2 Å². The minimum atomic E-state index is -4.78. The number of carbonyl (C=O) groups excluding carboxylic acids is 2. The van der Waals surface area contributed by atoms with Gasteiger partial charge in [0.2, 0.25) is 0 Å². The van der Waals surface area contributed by atoms with E-state index in [1.807, 2.05) is 0 Å². The monoisotopic (exact) mass is 670 g/mol. The van der Waals surface area contributed by atoms with Gasteiger partial charge in [-0.05, 0) is 56.2 Å². The van der Waals surface area contributed by atoms with E-state index in [2.05, 4.69) is 5.32 Å². The van der Waals surface area contributed by atoms with Gasteiger partial charge >= 0.3 is 6.18 Å². The lowest BCUT2D eigenvalue weighted by Gasteiger charge is -2.46. The molecule has 2 amide bonds. The van der Waals surface area contributed by atoms with Gasteiger partial charge in [0, 0.05) is 42.3 Å². The van der Waals surface area contributed by atoms with Crippen LogP contribution in [0.25, 0.3) is 10.4 Å². The predicted molar refractivity (Wildman–Crippen MR) is 155 cm³/mol. The van der Waals surface area contributed by atoms with Crippen molar-refractivity contribution in [3.05, 3.63) is 82.6 Å². The first-order valence-electron chi connectivity index (χ1n) is 13.5. The molecule has 240 valence electrons. The van der Waals surface area contributed by atoms with Gasteiger partial charge in [-0.2, -0.15) is 13.2 Å². The molecule has 2 aromatic carbocycles. The largest absolute Gasteiger partial charge is 0.509 e. The topological polar surface area (TPSA) is 110 Å². The van der Waals surface area contributed by atoms with E-state index in [-0.39, 0.29) is 32.4 Å². The van der Waals surface area contributed by atoms with Crippen LogP contribution in [-0.4, -0.2) is 65.8 Å². The summed E-state index contributed by atoms with van der Waals surface area (Å²) in [4.78, 5) is 27.5. The van der Waals surface area contributed by atoms with E-state index in [0.717, 1.165) is 27.5 Å². The first-order valence-corrected chi connectivity index (χ1v) is 15.7. The Bertz CT molecular complexity index is 1840. The van der Waals surface area contributed by atoms with Crippen LogP contribution in [-0.2, 0) is 32.3 Å². The number of anilines is 1. The van der Waals surface area contributed by atoms with Crippen molar-refractivity contribution in [2.24, 2.45) is 0 Å². The molecule has 0 unspecified atom stereocenters. The molecular weight excluding hydrogens is 643 g/mol. The Morgan fingerprint density at radius 1 is 1.13 bits per heavy atom. The van der Waals surface area contributed by atoms with Crippen LogP contribution in [0.15, 0.2) is 64.1 Å². The second kappa shape index (κ2) is 11.5. The van der Waals surface area contributed by atoms with Crippen molar-refractivity contribution in [3.63, 3.8) is 0 Å². The maximum absolute atomic E-state index is 14.6. The normalized spacial score (nSPS) is 19.4. The van der Waals surface area contributed by atoms with Gasteiger partial charge in [-0.15, -0.1) is 11.3 Å². The highest BCUT2D eigenvalue weighted by atomic mass is 32.2. The number of benzene rings is 2. The molecule has 1 aromatic heterocycles. The molecule has 2 aliphatic heterocycles. The van der Waals surface area contributed by atoms with Gasteiger partial charge in [-0.25, -0.2) is 26.5 Å². The molecule has 3 heterocycles. The number of hydrazine groups is 1. The number of amides is 2. The molecule has 1 fully saturated rings. The standard InChI is InChI=1S/C29H27F5N4O5S2/c1-28-12-5-13-38(28)37(15-16-6-4-7-19(30)24(16)31)27(41)23(25(28)39)26(40)35-20-9-8-17(29(32,33)34)14-18(20)21-10-11-22(44-21)45(42,43)36(2)3/h4,6-11,14,39H,5,12-13,15H2,1-3H3,(H,35,40)/t28-/m1/s1. The molecule has 3 aromatic rings. The molecule has 1 atom stereocenters. The van der Waals surface area contributed by atoms with E-state index >= 15 is 0 Å². The van der Waals surface area contributed by atoms with Crippen molar-refractivity contribution in [1.29, 1.82) is 0 Å². The first-order chi connectivity index (χ1) is 21.0. The zero-order valence-corrected chi connectivity index (χ0v) is 25.7. The summed E-state index contributed by atoms with van der Waals surface area (Å²) in [5.74, 6) is -5.09. The number of nitrogens with one attached hydrogen (secondary N) is 1. The molecule has 0 saturated carbocycles. The van der Waals surface area contributed by atoms with Crippen molar-refractivity contribution in [2.75, 3.05) is 26.0 Å². The molecule has 2 aliphatic rings. The maximum Gasteiger partial charge on any atom is 0.416 e. The van der Waals surface area contributed by atoms with Gasteiger partial charge in [0.1, 0.15) is 15.5 Å². The van der Waals surface area contributed by atoms with E-state index in [1.54, 1.807) is 6.92 Å². The first kappa shape index (κ1) is 32.5. The van der Waals surface area contributed by atoms with Crippen molar-refractivity contribution >= 4 is 38.9 Å². The fourth-order valence-corrected chi connectivity index (χ4v) is 7.89. The summed E-state index contributed by atoms with van der Waals surface area (Å²) in [5.41, 5.74) is -3.62. The summed E-state index contributed by atoms with van der Waals surface area (Å²) in [5, 5.41) is 16.2. The van der Waals surface area contributed by atoms with Crippen LogP contribution in [0.1, 0.15) is 30.9 Å². The summed E-state index contributed by atoms with van der Waals surface area (Å²) >= 11 is 0.677. The molecule has 9 nitrogen and oxygen atoms in total. The average Bonchev–Trinajstić information content (AvgIpc) is 3.61. The molecule has 16 heteroatoms. The maximum atomic E-state index is 14.6. The number of hydrogen-bond donors (Lipinski definition) is 2. The Labute approximate surface area is 259 Å². The van der Waals surface area contributed by atoms with Crippen LogP contribution < -0.4 is 5.32 Å². The minimum Gasteiger partial charge on any atom is -0.509 e. The van der Waals surface area contributed by atoms with Gasteiger partial charge in [0.15, 0.2) is 11.6 Å². The predicted octanol–water partition coefficient (Wildman–Crippen LogP) is 5.52. The number of hydrogen-bond acceptors (Lipinski definition) is 7. The van der Waals surface area contributed by atoms with E-state index < -0.39 is 68.6 Å². The number of aliphatic hydroxyl groups is 1. The summed E-state index contributed by atoms with van der Waals surface area (Å²) in [6.45, 7) is 1.37. The number of aliphatic hydroxyl groups excluding tert-OH is 1. The highest BCUT2D eigenvalue weighted by Crippen LogP contribution is 2.43. The third kappa shape index (κ3) is 5.71. The van der Waals surface area contributed by atoms with Gasteiger partial charge in [0.25, 0.3) is 21.8 Å². The number of fused-ring (bicyclic) bond motifs is 1. The number of nitrogens with zero attached hydrogens (tertiary/aromatic N) is 3. The molecule has 2 N–H and O–H groups in total. The van der Waals surface area contributed by atoms with Crippen LogP contribution in [0.2, 0.25) is 0 Å². The van der Waals surface area contributed by atoms with Crippen LogP contribution in [0.5, 0.6) is 0 Å². The van der Waals surface area contributed by atoms with Gasteiger partial charge < -0.3 is 10.4 Å². The van der Waals surface area contributed by atoms with Crippen molar-refractivity contribution in [2.45, 2.75) is 42.2 Å². The van der Waals surface area contributed by atoms with E-state index in [4.69, 9.17) is 0 Å². The number of halogens is 5. The van der Waals surface area contributed by atoms with Gasteiger partial charge in [-0.1, -0.05) is 12.1 Å². The smallest absolute Gasteiger partial charge is 0.416 e. The van der Waals surface area contributed by atoms with Crippen LogP contribution in [0.4, 0.5) is 27.6 Å². The molecule has 5 rings (SSSR count). The fraction of sp³-hybridized carbons (Fsp3) is 0.310. The Morgan fingerprint density at radius 2 is 1.84 bits per heavy atom. The van der Waals surface area contributed by atoms with E-state index in [9.17, 15) is 45.1 Å². The lowest BCUT2D eigenvalue weighted by molar-refractivity contribution is -0.160. The van der Waals surface area contributed by atoms with Crippen LogP contribution in [0.3, 0.4) is 0 Å². The summed E-state index contributed by atoms with van der Waals surface area (Å²) in [6.07, 6.45) is -3.99. The van der Waals surface area contributed by atoms with Crippen LogP contribution in [0, 0.1) is 11.6 Å². The van der Waals surface area contributed by atoms with Gasteiger partial charge in [-0.3, -0.25) is 14.6 Å². The Kier molecular flexibility index (Phi) is 8.31. The number of rotatable bonds is 7.